The highest BCUT2D eigenvalue weighted by Crippen LogP contribution is 2.19. The Morgan fingerprint density at radius 3 is 3.07 bits per heavy atom. The number of aromatic nitrogens is 1. The average molecular weight is 200 g/mol. The van der Waals surface area contributed by atoms with Gasteiger partial charge in [-0.1, -0.05) is 12.1 Å². The average Bonchev–Trinajstić information content (AvgIpc) is 2.62. The van der Waals surface area contributed by atoms with Gasteiger partial charge in [0, 0.05) is 24.1 Å². The number of aryl methyl sites for hydroxylation is 1. The first-order valence-electron chi connectivity index (χ1n) is 4.89. The van der Waals surface area contributed by atoms with Crippen LogP contribution in [0.25, 0.3) is 10.9 Å². The Hall–Kier alpha value is -1.86. The lowest BCUT2D eigenvalue weighted by Gasteiger charge is -2.01. The second-order valence-corrected chi connectivity index (χ2v) is 3.50. The molecule has 76 valence electrons. The fourth-order valence-electron chi connectivity index (χ4n) is 1.81. The van der Waals surface area contributed by atoms with E-state index in [1.807, 2.05) is 19.3 Å². The Morgan fingerprint density at radius 1 is 1.40 bits per heavy atom. The molecular formula is C12H12N2O. The van der Waals surface area contributed by atoms with Crippen molar-refractivity contribution in [2.24, 2.45) is 12.0 Å². The molecule has 3 heteroatoms. The van der Waals surface area contributed by atoms with Gasteiger partial charge in [0.25, 0.3) is 0 Å². The molecule has 0 aliphatic heterocycles. The van der Waals surface area contributed by atoms with Gasteiger partial charge in [0.1, 0.15) is 0 Å². The third kappa shape index (κ3) is 1.83. The summed E-state index contributed by atoms with van der Waals surface area (Å²) < 4.78 is 2.09. The van der Waals surface area contributed by atoms with Crippen LogP contribution in [0.1, 0.15) is 5.56 Å². The van der Waals surface area contributed by atoms with Gasteiger partial charge in [-0.05, 0) is 24.1 Å². The quantitative estimate of drug-likeness (QED) is 0.551. The number of hydrogen-bond acceptors (Lipinski definition) is 2. The summed E-state index contributed by atoms with van der Waals surface area (Å²) in [6, 6.07) is 8.28. The summed E-state index contributed by atoms with van der Waals surface area (Å²) in [6.07, 6.45) is 4.39. The predicted octanol–water partition coefficient (Wildman–Crippen LogP) is 2.06. The van der Waals surface area contributed by atoms with E-state index in [9.17, 15) is 4.79 Å². The molecule has 15 heavy (non-hydrogen) atoms. The fourth-order valence-corrected chi connectivity index (χ4v) is 1.81. The van der Waals surface area contributed by atoms with Crippen molar-refractivity contribution in [2.75, 3.05) is 6.54 Å². The molecule has 0 radical (unpaired) electrons. The lowest BCUT2D eigenvalue weighted by Crippen LogP contribution is -1.91. The van der Waals surface area contributed by atoms with E-state index in [0.29, 0.717) is 6.54 Å². The molecule has 1 aromatic heterocycles. The van der Waals surface area contributed by atoms with Crippen LogP contribution in [0.5, 0.6) is 0 Å². The van der Waals surface area contributed by atoms with Gasteiger partial charge in [-0.15, -0.1) is 0 Å². The minimum Gasteiger partial charge on any atom is -0.351 e. The minimum absolute atomic E-state index is 0.511. The van der Waals surface area contributed by atoms with Gasteiger partial charge in [0.15, 0.2) is 0 Å². The molecule has 0 N–H and O–H groups in total. The molecule has 0 aliphatic rings. The van der Waals surface area contributed by atoms with Crippen molar-refractivity contribution in [1.82, 2.24) is 4.57 Å². The summed E-state index contributed by atoms with van der Waals surface area (Å²) in [6.45, 7) is 0.511. The van der Waals surface area contributed by atoms with Crippen molar-refractivity contribution in [3.05, 3.63) is 36.0 Å². The van der Waals surface area contributed by atoms with Crippen LogP contribution in [0, 0.1) is 0 Å². The number of hydrogen-bond donors (Lipinski definition) is 0. The molecule has 0 atom stereocenters. The molecule has 0 spiro atoms. The third-order valence-electron chi connectivity index (χ3n) is 2.58. The molecule has 0 bridgehead atoms. The maximum Gasteiger partial charge on any atom is 0.234 e. The normalized spacial score (nSPS) is 10.2. The van der Waals surface area contributed by atoms with Crippen LogP contribution in [0.2, 0.25) is 0 Å². The molecule has 0 saturated heterocycles. The molecule has 0 aliphatic carbocycles. The second kappa shape index (κ2) is 4.11. The highest BCUT2D eigenvalue weighted by Gasteiger charge is 2.02. The largest absolute Gasteiger partial charge is 0.351 e. The highest BCUT2D eigenvalue weighted by molar-refractivity contribution is 5.83. The van der Waals surface area contributed by atoms with Gasteiger partial charge in [-0.25, -0.2) is 9.79 Å². The van der Waals surface area contributed by atoms with E-state index in [1.54, 1.807) is 6.08 Å². The summed E-state index contributed by atoms with van der Waals surface area (Å²) in [4.78, 5) is 13.5. The van der Waals surface area contributed by atoms with Crippen molar-refractivity contribution in [2.45, 2.75) is 6.42 Å². The van der Waals surface area contributed by atoms with Crippen LogP contribution in [0.3, 0.4) is 0 Å². The maximum atomic E-state index is 9.97. The molecule has 0 amide bonds. The smallest absolute Gasteiger partial charge is 0.234 e. The molecular weight excluding hydrogens is 188 g/mol. The van der Waals surface area contributed by atoms with Gasteiger partial charge >= 0.3 is 0 Å². The SMILES string of the molecule is Cn1ccc2c(CCN=C=O)cccc21. The number of carbonyl (C=O) groups excluding carboxylic acids is 1. The van der Waals surface area contributed by atoms with Crippen molar-refractivity contribution in [3.63, 3.8) is 0 Å². The van der Waals surface area contributed by atoms with E-state index in [-0.39, 0.29) is 0 Å². The lowest BCUT2D eigenvalue weighted by atomic mass is 10.1. The third-order valence-corrected chi connectivity index (χ3v) is 2.58. The first-order valence-corrected chi connectivity index (χ1v) is 4.89. The van der Waals surface area contributed by atoms with Crippen LogP contribution >= 0.6 is 0 Å². The lowest BCUT2D eigenvalue weighted by molar-refractivity contribution is 0.563. The minimum atomic E-state index is 0.511. The molecule has 0 saturated carbocycles. The van der Waals surface area contributed by atoms with Crippen LogP contribution in [0.15, 0.2) is 35.5 Å². The Labute approximate surface area is 88.0 Å². The second-order valence-electron chi connectivity index (χ2n) is 3.50. The molecule has 0 fully saturated rings. The van der Waals surface area contributed by atoms with Gasteiger partial charge in [-0.3, -0.25) is 0 Å². The van der Waals surface area contributed by atoms with Crippen LogP contribution in [0.4, 0.5) is 0 Å². The standard InChI is InChI=1S/C12H12N2O/c1-14-8-6-11-10(5-7-13-9-15)3-2-4-12(11)14/h2-4,6,8H,5,7H2,1H3. The number of rotatable bonds is 3. The van der Waals surface area contributed by atoms with E-state index in [4.69, 9.17) is 0 Å². The molecule has 1 aromatic carbocycles. The summed E-state index contributed by atoms with van der Waals surface area (Å²) in [5.41, 5.74) is 2.44. The number of nitrogens with zero attached hydrogens (tertiary/aromatic N) is 2. The number of fused-ring (bicyclic) bond motifs is 1. The van der Waals surface area contributed by atoms with E-state index >= 15 is 0 Å². The molecule has 0 unspecified atom stereocenters. The van der Waals surface area contributed by atoms with Crippen molar-refractivity contribution in [1.29, 1.82) is 0 Å². The summed E-state index contributed by atoms with van der Waals surface area (Å²) in [7, 11) is 2.02. The van der Waals surface area contributed by atoms with Crippen molar-refractivity contribution >= 4 is 17.0 Å². The Morgan fingerprint density at radius 2 is 2.27 bits per heavy atom. The van der Waals surface area contributed by atoms with E-state index < -0.39 is 0 Å². The maximum absolute atomic E-state index is 9.97. The first kappa shape index (κ1) is 9.69. The zero-order chi connectivity index (χ0) is 10.7. The van der Waals surface area contributed by atoms with Gasteiger partial charge in [0.05, 0.1) is 6.54 Å². The van der Waals surface area contributed by atoms with E-state index in [1.165, 1.54) is 16.5 Å². The number of isocyanates is 1. The van der Waals surface area contributed by atoms with Gasteiger partial charge < -0.3 is 4.57 Å². The topological polar surface area (TPSA) is 34.4 Å². The summed E-state index contributed by atoms with van der Waals surface area (Å²) >= 11 is 0. The van der Waals surface area contributed by atoms with Crippen molar-refractivity contribution in [3.8, 4) is 0 Å². The van der Waals surface area contributed by atoms with Crippen LogP contribution in [-0.2, 0) is 18.3 Å². The molecule has 1 heterocycles. The zero-order valence-corrected chi connectivity index (χ0v) is 8.60. The highest BCUT2D eigenvalue weighted by atomic mass is 16.1. The van der Waals surface area contributed by atoms with E-state index in [2.05, 4.69) is 27.8 Å². The van der Waals surface area contributed by atoms with Crippen LogP contribution in [-0.4, -0.2) is 17.2 Å². The van der Waals surface area contributed by atoms with Gasteiger partial charge in [-0.2, -0.15) is 0 Å². The Kier molecular flexibility index (Phi) is 2.66. The zero-order valence-electron chi connectivity index (χ0n) is 8.60. The fraction of sp³-hybridized carbons (Fsp3) is 0.250. The Bertz CT molecular complexity index is 521. The van der Waals surface area contributed by atoms with Crippen LogP contribution < -0.4 is 0 Å². The number of benzene rings is 1. The van der Waals surface area contributed by atoms with E-state index in [0.717, 1.165) is 6.42 Å². The number of aliphatic imine (C=N–C) groups is 1. The molecule has 2 rings (SSSR count). The molecule has 3 nitrogen and oxygen atoms in total. The monoisotopic (exact) mass is 200 g/mol. The summed E-state index contributed by atoms with van der Waals surface area (Å²) in [5.74, 6) is 0. The summed E-state index contributed by atoms with van der Waals surface area (Å²) in [5, 5.41) is 1.24. The van der Waals surface area contributed by atoms with Gasteiger partial charge in [0.2, 0.25) is 6.08 Å². The Balaban J connectivity index is 2.38. The predicted molar refractivity (Wildman–Crippen MR) is 59.6 cm³/mol. The molecule has 2 aromatic rings. The first-order chi connectivity index (χ1) is 7.33. The van der Waals surface area contributed by atoms with Crippen molar-refractivity contribution < 1.29 is 4.79 Å².